The molecule has 0 spiro atoms. The number of halogens is 1. The number of amides is 1. The third-order valence-electron chi connectivity index (χ3n) is 3.53. The van der Waals surface area contributed by atoms with Gasteiger partial charge in [-0.1, -0.05) is 29.8 Å². The summed E-state index contributed by atoms with van der Waals surface area (Å²) in [6, 6.07) is 13.1. The molecular weight excluding hydrogens is 309 g/mol. The van der Waals surface area contributed by atoms with Crippen molar-refractivity contribution in [1.29, 1.82) is 0 Å². The monoisotopic (exact) mass is 329 g/mol. The van der Waals surface area contributed by atoms with Crippen LogP contribution in [0.1, 0.15) is 28.4 Å². The molecule has 0 unspecified atom stereocenters. The van der Waals surface area contributed by atoms with Crippen LogP contribution in [0.25, 0.3) is 0 Å². The molecule has 0 aliphatic heterocycles. The first-order chi connectivity index (χ1) is 11.5. The summed E-state index contributed by atoms with van der Waals surface area (Å²) in [7, 11) is 0. The van der Waals surface area contributed by atoms with Gasteiger partial charge < -0.3 is 10.1 Å². The van der Waals surface area contributed by atoms with Crippen LogP contribution in [0.15, 0.2) is 48.5 Å². The maximum Gasteiger partial charge on any atom is 0.338 e. The molecule has 2 aromatic rings. The van der Waals surface area contributed by atoms with E-state index in [9.17, 15) is 14.0 Å². The molecule has 5 heteroatoms. The second-order valence-corrected chi connectivity index (χ2v) is 5.58. The number of carbonyl (C=O) groups is 2. The normalized spacial score (nSPS) is 11.6. The third-order valence-corrected chi connectivity index (χ3v) is 3.53. The van der Waals surface area contributed by atoms with Gasteiger partial charge in [0.05, 0.1) is 5.56 Å². The molecule has 0 radical (unpaired) electrons. The van der Waals surface area contributed by atoms with Crippen LogP contribution in [0, 0.1) is 12.7 Å². The Morgan fingerprint density at radius 3 is 2.54 bits per heavy atom. The van der Waals surface area contributed by atoms with Crippen LogP contribution in [0.3, 0.4) is 0 Å². The van der Waals surface area contributed by atoms with Gasteiger partial charge in [0.15, 0.2) is 6.10 Å². The summed E-state index contributed by atoms with van der Waals surface area (Å²) >= 11 is 0. The number of hydrogen-bond donors (Lipinski definition) is 1. The van der Waals surface area contributed by atoms with E-state index < -0.39 is 12.1 Å². The second kappa shape index (κ2) is 8.24. The maximum absolute atomic E-state index is 12.8. The first kappa shape index (κ1) is 17.7. The number of hydrogen-bond acceptors (Lipinski definition) is 3. The smallest absolute Gasteiger partial charge is 0.338 e. The summed E-state index contributed by atoms with van der Waals surface area (Å²) < 4.78 is 18.0. The molecule has 24 heavy (non-hydrogen) atoms. The van der Waals surface area contributed by atoms with Crippen molar-refractivity contribution in [2.24, 2.45) is 0 Å². The minimum Gasteiger partial charge on any atom is -0.449 e. The molecule has 2 aromatic carbocycles. The predicted molar refractivity (Wildman–Crippen MR) is 89.2 cm³/mol. The number of rotatable bonds is 6. The van der Waals surface area contributed by atoms with Gasteiger partial charge in [-0.3, -0.25) is 4.79 Å². The quantitative estimate of drug-likeness (QED) is 0.829. The van der Waals surface area contributed by atoms with Crippen LogP contribution >= 0.6 is 0 Å². The summed E-state index contributed by atoms with van der Waals surface area (Å²) in [6.45, 7) is 3.79. The van der Waals surface area contributed by atoms with E-state index in [1.54, 1.807) is 30.3 Å². The first-order valence-electron chi connectivity index (χ1n) is 7.75. The average molecular weight is 329 g/mol. The highest BCUT2D eigenvalue weighted by atomic mass is 19.1. The molecule has 1 atom stereocenters. The number of benzene rings is 2. The van der Waals surface area contributed by atoms with Crippen molar-refractivity contribution in [3.63, 3.8) is 0 Å². The molecule has 1 N–H and O–H groups in total. The van der Waals surface area contributed by atoms with Gasteiger partial charge >= 0.3 is 5.97 Å². The molecule has 4 nitrogen and oxygen atoms in total. The fourth-order valence-corrected chi connectivity index (χ4v) is 2.18. The Balaban J connectivity index is 1.79. The predicted octanol–water partition coefficient (Wildman–Crippen LogP) is 3.04. The number of ether oxygens (including phenoxy) is 1. The highest BCUT2D eigenvalue weighted by molar-refractivity contribution is 5.92. The van der Waals surface area contributed by atoms with Crippen LogP contribution in [-0.2, 0) is 16.0 Å². The van der Waals surface area contributed by atoms with Crippen molar-refractivity contribution in [3.8, 4) is 0 Å². The second-order valence-electron chi connectivity index (χ2n) is 5.58. The lowest BCUT2D eigenvalue weighted by molar-refractivity contribution is -0.129. The molecule has 0 heterocycles. The molecule has 0 saturated heterocycles. The van der Waals surface area contributed by atoms with Crippen LogP contribution in [0.2, 0.25) is 0 Å². The van der Waals surface area contributed by atoms with Crippen LogP contribution in [-0.4, -0.2) is 24.5 Å². The molecule has 0 fully saturated rings. The summed E-state index contributed by atoms with van der Waals surface area (Å²) in [6.07, 6.45) is -0.309. The SMILES string of the molecule is Cc1cccc(C(=O)O[C@@H](C)C(=O)NCCc2ccc(F)cc2)c1. The van der Waals surface area contributed by atoms with E-state index in [1.165, 1.54) is 19.1 Å². The van der Waals surface area contributed by atoms with Crippen molar-refractivity contribution in [2.45, 2.75) is 26.4 Å². The average Bonchev–Trinajstić information content (AvgIpc) is 2.56. The molecule has 0 aliphatic carbocycles. The molecule has 0 saturated carbocycles. The fraction of sp³-hybridized carbons (Fsp3) is 0.263. The van der Waals surface area contributed by atoms with E-state index in [0.717, 1.165) is 11.1 Å². The minimum absolute atomic E-state index is 0.292. The first-order valence-corrected chi connectivity index (χ1v) is 7.75. The number of esters is 1. The van der Waals surface area contributed by atoms with Crippen molar-refractivity contribution >= 4 is 11.9 Å². The van der Waals surface area contributed by atoms with Crippen LogP contribution < -0.4 is 5.32 Å². The maximum atomic E-state index is 12.8. The zero-order chi connectivity index (χ0) is 17.5. The lowest BCUT2D eigenvalue weighted by Crippen LogP contribution is -2.36. The lowest BCUT2D eigenvalue weighted by atomic mass is 10.1. The minimum atomic E-state index is -0.883. The number of carbonyl (C=O) groups excluding carboxylic acids is 2. The largest absolute Gasteiger partial charge is 0.449 e. The van der Waals surface area contributed by atoms with E-state index in [1.807, 2.05) is 13.0 Å². The van der Waals surface area contributed by atoms with E-state index in [4.69, 9.17) is 4.74 Å². The van der Waals surface area contributed by atoms with Crippen molar-refractivity contribution in [3.05, 3.63) is 71.0 Å². The highest BCUT2D eigenvalue weighted by Gasteiger charge is 2.18. The van der Waals surface area contributed by atoms with Gasteiger partial charge in [0.2, 0.25) is 0 Å². The number of nitrogens with one attached hydrogen (secondary N) is 1. The Morgan fingerprint density at radius 1 is 1.17 bits per heavy atom. The van der Waals surface area contributed by atoms with Gasteiger partial charge in [-0.25, -0.2) is 9.18 Å². The molecule has 0 aromatic heterocycles. The summed E-state index contributed by atoms with van der Waals surface area (Å²) in [5.74, 6) is -1.18. The zero-order valence-electron chi connectivity index (χ0n) is 13.7. The molecule has 0 aliphatic rings. The Bertz CT molecular complexity index is 713. The van der Waals surface area contributed by atoms with Crippen molar-refractivity contribution in [2.75, 3.05) is 6.54 Å². The van der Waals surface area contributed by atoms with Crippen LogP contribution in [0.4, 0.5) is 4.39 Å². The van der Waals surface area contributed by atoms with Crippen molar-refractivity contribution < 1.29 is 18.7 Å². The topological polar surface area (TPSA) is 55.4 Å². The Morgan fingerprint density at radius 2 is 1.88 bits per heavy atom. The van der Waals surface area contributed by atoms with E-state index in [0.29, 0.717) is 18.5 Å². The lowest BCUT2D eigenvalue weighted by Gasteiger charge is -2.13. The summed E-state index contributed by atoms with van der Waals surface area (Å²) in [4.78, 5) is 24.0. The summed E-state index contributed by atoms with van der Waals surface area (Å²) in [5.41, 5.74) is 2.28. The van der Waals surface area contributed by atoms with Gasteiger partial charge in [0.25, 0.3) is 5.91 Å². The van der Waals surface area contributed by atoms with Gasteiger partial charge in [-0.2, -0.15) is 0 Å². The summed E-state index contributed by atoms with van der Waals surface area (Å²) in [5, 5.41) is 2.70. The Kier molecular flexibility index (Phi) is 6.07. The van der Waals surface area contributed by atoms with Gasteiger partial charge in [0.1, 0.15) is 5.82 Å². The van der Waals surface area contributed by atoms with Gasteiger partial charge in [-0.05, 0) is 50.1 Å². The van der Waals surface area contributed by atoms with E-state index >= 15 is 0 Å². The molecule has 2 rings (SSSR count). The Labute approximate surface area is 140 Å². The van der Waals surface area contributed by atoms with Gasteiger partial charge in [-0.15, -0.1) is 0 Å². The zero-order valence-corrected chi connectivity index (χ0v) is 13.7. The highest BCUT2D eigenvalue weighted by Crippen LogP contribution is 2.07. The Hall–Kier alpha value is -2.69. The van der Waals surface area contributed by atoms with Gasteiger partial charge in [0, 0.05) is 6.54 Å². The fourth-order valence-electron chi connectivity index (χ4n) is 2.18. The van der Waals surface area contributed by atoms with Crippen LogP contribution in [0.5, 0.6) is 0 Å². The van der Waals surface area contributed by atoms with Crippen molar-refractivity contribution in [1.82, 2.24) is 5.32 Å². The number of aryl methyl sites for hydroxylation is 1. The molecule has 1 amide bonds. The molecular formula is C19H20FNO3. The van der Waals surface area contributed by atoms with E-state index in [-0.39, 0.29) is 11.7 Å². The van der Waals surface area contributed by atoms with E-state index in [2.05, 4.69) is 5.32 Å². The molecule has 126 valence electrons. The standard InChI is InChI=1S/C19H20FNO3/c1-13-4-3-5-16(12-13)19(23)24-14(2)18(22)21-11-10-15-6-8-17(20)9-7-15/h3-9,12,14H,10-11H2,1-2H3,(H,21,22)/t14-/m0/s1. The third kappa shape index (κ3) is 5.19. The molecule has 0 bridgehead atoms.